The summed E-state index contributed by atoms with van der Waals surface area (Å²) in [5, 5.41) is 0. The molecule has 0 nitrogen and oxygen atoms in total. The van der Waals surface area contributed by atoms with Gasteiger partial charge in [0.05, 0.1) is 0 Å². The highest BCUT2D eigenvalue weighted by molar-refractivity contribution is 5.66. The fourth-order valence-corrected chi connectivity index (χ4v) is 2.22. The first-order chi connectivity index (χ1) is 8.62. The van der Waals surface area contributed by atoms with E-state index in [0.29, 0.717) is 11.1 Å². The van der Waals surface area contributed by atoms with E-state index in [1.165, 1.54) is 0 Å². The van der Waals surface area contributed by atoms with Crippen molar-refractivity contribution in [3.05, 3.63) is 58.7 Å². The van der Waals surface area contributed by atoms with Crippen LogP contribution in [0.4, 0.5) is 8.78 Å². The highest BCUT2D eigenvalue weighted by Gasteiger charge is 2.05. The summed E-state index contributed by atoms with van der Waals surface area (Å²) >= 11 is 0. The van der Waals surface area contributed by atoms with Crippen molar-refractivity contribution in [2.45, 2.75) is 27.2 Å². The molecule has 0 saturated heterocycles. The number of benzene rings is 2. The van der Waals surface area contributed by atoms with Crippen LogP contribution < -0.4 is 0 Å². The topological polar surface area (TPSA) is 0 Å². The van der Waals surface area contributed by atoms with Crippen LogP contribution in [0.15, 0.2) is 36.4 Å². The second-order valence-corrected chi connectivity index (χ2v) is 4.68. The first-order valence-electron chi connectivity index (χ1n) is 5.96. The van der Waals surface area contributed by atoms with Crippen molar-refractivity contribution in [2.24, 2.45) is 0 Å². The Kier molecular flexibility index (Phi) is 3.75. The number of hydrogen-bond acceptors (Lipinski definition) is 0. The lowest BCUT2D eigenvalue weighted by atomic mass is 9.97. The molecule has 0 aliphatic carbocycles. The zero-order chi connectivity index (χ0) is 13.1. The Morgan fingerprint density at radius 2 is 1.11 bits per heavy atom. The van der Waals surface area contributed by atoms with E-state index < -0.39 is 13.3 Å². The van der Waals surface area contributed by atoms with Crippen molar-refractivity contribution >= 4 is 0 Å². The highest BCUT2D eigenvalue weighted by atomic mass is 19.1. The lowest BCUT2D eigenvalue weighted by molar-refractivity contribution is 0.475. The van der Waals surface area contributed by atoms with Gasteiger partial charge in [-0.2, -0.15) is 0 Å². The fraction of sp³-hybridized carbons (Fsp3) is 0.250. The average molecular weight is 246 g/mol. The number of alkyl halides is 2. The zero-order valence-corrected chi connectivity index (χ0v) is 10.6. The lowest BCUT2D eigenvalue weighted by Gasteiger charge is -2.08. The fourth-order valence-electron chi connectivity index (χ4n) is 2.22. The molecule has 0 fully saturated rings. The largest absolute Gasteiger partial charge is 0.246 e. The molecular formula is C16H16F2. The van der Waals surface area contributed by atoms with E-state index in [2.05, 4.69) is 6.07 Å². The van der Waals surface area contributed by atoms with Gasteiger partial charge in [-0.25, -0.2) is 8.78 Å². The number of rotatable bonds is 3. The molecule has 0 bridgehead atoms. The van der Waals surface area contributed by atoms with Crippen molar-refractivity contribution < 1.29 is 8.78 Å². The lowest BCUT2D eigenvalue weighted by Crippen LogP contribution is -1.89. The molecule has 2 heteroatoms. The molecule has 0 N–H and O–H groups in total. The van der Waals surface area contributed by atoms with Crippen LogP contribution in [0, 0.1) is 13.8 Å². The smallest absolute Gasteiger partial charge is 0.115 e. The van der Waals surface area contributed by atoms with Crippen LogP contribution >= 0.6 is 0 Å². The molecular weight excluding hydrogens is 230 g/mol. The Morgan fingerprint density at radius 1 is 0.667 bits per heavy atom. The quantitative estimate of drug-likeness (QED) is 0.721. The molecule has 0 aliphatic rings. The van der Waals surface area contributed by atoms with Gasteiger partial charge in [0.15, 0.2) is 0 Å². The maximum absolute atomic E-state index is 12.8. The van der Waals surface area contributed by atoms with Crippen molar-refractivity contribution in [3.8, 4) is 11.1 Å². The minimum Gasteiger partial charge on any atom is -0.246 e. The summed E-state index contributed by atoms with van der Waals surface area (Å²) in [6.07, 6.45) is 0. The first-order valence-corrected chi connectivity index (χ1v) is 5.96. The van der Waals surface area contributed by atoms with E-state index in [9.17, 15) is 8.78 Å². The van der Waals surface area contributed by atoms with Gasteiger partial charge in [0.1, 0.15) is 13.3 Å². The van der Waals surface area contributed by atoms with Gasteiger partial charge in [0.25, 0.3) is 0 Å². The molecule has 0 atom stereocenters. The molecule has 0 radical (unpaired) electrons. The van der Waals surface area contributed by atoms with E-state index in [-0.39, 0.29) is 0 Å². The summed E-state index contributed by atoms with van der Waals surface area (Å²) in [7, 11) is 0. The third-order valence-electron chi connectivity index (χ3n) is 2.92. The molecule has 0 spiro atoms. The van der Waals surface area contributed by atoms with Gasteiger partial charge in [-0.15, -0.1) is 0 Å². The van der Waals surface area contributed by atoms with Crippen LogP contribution in [0.3, 0.4) is 0 Å². The Labute approximate surface area is 106 Å². The minimum absolute atomic E-state index is 0.527. The Morgan fingerprint density at radius 3 is 1.56 bits per heavy atom. The van der Waals surface area contributed by atoms with Crippen molar-refractivity contribution in [1.29, 1.82) is 0 Å². The van der Waals surface area contributed by atoms with Gasteiger partial charge in [-0.1, -0.05) is 35.4 Å². The van der Waals surface area contributed by atoms with E-state index in [1.807, 2.05) is 26.0 Å². The molecule has 0 unspecified atom stereocenters. The summed E-state index contributed by atoms with van der Waals surface area (Å²) in [6, 6.07) is 11.3. The SMILES string of the molecule is Cc1cc(C)cc(-c2cc(CF)cc(CF)c2)c1. The normalized spacial score (nSPS) is 10.7. The van der Waals surface area contributed by atoms with Gasteiger partial charge in [-0.05, 0) is 48.2 Å². The third kappa shape index (κ3) is 2.76. The van der Waals surface area contributed by atoms with E-state index >= 15 is 0 Å². The third-order valence-corrected chi connectivity index (χ3v) is 2.92. The molecule has 94 valence electrons. The molecule has 2 aromatic carbocycles. The second kappa shape index (κ2) is 5.30. The standard InChI is InChI=1S/C16H16F2/c1-11-3-12(2)5-15(4-11)16-7-13(9-17)6-14(8-16)10-18/h3-8H,9-10H2,1-2H3. The van der Waals surface area contributed by atoms with Crippen LogP contribution in [-0.4, -0.2) is 0 Å². The van der Waals surface area contributed by atoms with Crippen LogP contribution in [0.2, 0.25) is 0 Å². The molecule has 18 heavy (non-hydrogen) atoms. The summed E-state index contributed by atoms with van der Waals surface area (Å²) < 4.78 is 25.5. The van der Waals surface area contributed by atoms with E-state index in [4.69, 9.17) is 0 Å². The van der Waals surface area contributed by atoms with Crippen LogP contribution in [0.5, 0.6) is 0 Å². The first kappa shape index (κ1) is 12.7. The average Bonchev–Trinajstić information content (AvgIpc) is 2.37. The second-order valence-electron chi connectivity index (χ2n) is 4.68. The maximum Gasteiger partial charge on any atom is 0.115 e. The molecule has 0 aromatic heterocycles. The van der Waals surface area contributed by atoms with Crippen molar-refractivity contribution in [1.82, 2.24) is 0 Å². The molecule has 2 aromatic rings. The molecule has 0 heterocycles. The van der Waals surface area contributed by atoms with Gasteiger partial charge in [-0.3, -0.25) is 0 Å². The Balaban J connectivity index is 2.55. The van der Waals surface area contributed by atoms with Crippen molar-refractivity contribution in [2.75, 3.05) is 0 Å². The maximum atomic E-state index is 12.8. The van der Waals surface area contributed by atoms with Gasteiger partial charge in [0.2, 0.25) is 0 Å². The number of aryl methyl sites for hydroxylation is 2. The number of halogens is 2. The van der Waals surface area contributed by atoms with E-state index in [1.54, 1.807) is 18.2 Å². The van der Waals surface area contributed by atoms with E-state index in [0.717, 1.165) is 22.3 Å². The van der Waals surface area contributed by atoms with Crippen molar-refractivity contribution in [3.63, 3.8) is 0 Å². The highest BCUT2D eigenvalue weighted by Crippen LogP contribution is 2.25. The van der Waals surface area contributed by atoms with Gasteiger partial charge in [0, 0.05) is 0 Å². The van der Waals surface area contributed by atoms with Crippen LogP contribution in [0.25, 0.3) is 11.1 Å². The van der Waals surface area contributed by atoms with Gasteiger partial charge >= 0.3 is 0 Å². The monoisotopic (exact) mass is 246 g/mol. The molecule has 0 aliphatic heterocycles. The van der Waals surface area contributed by atoms with Gasteiger partial charge < -0.3 is 0 Å². The molecule has 0 saturated carbocycles. The van der Waals surface area contributed by atoms with Crippen LogP contribution in [-0.2, 0) is 13.3 Å². The summed E-state index contributed by atoms with van der Waals surface area (Å²) in [6.45, 7) is 2.91. The van der Waals surface area contributed by atoms with Crippen LogP contribution in [0.1, 0.15) is 22.3 Å². The Bertz CT molecular complexity index is 517. The predicted molar refractivity (Wildman–Crippen MR) is 71.0 cm³/mol. The molecule has 2 rings (SSSR count). The number of hydrogen-bond donors (Lipinski definition) is 0. The zero-order valence-electron chi connectivity index (χ0n) is 10.6. The molecule has 0 amide bonds. The summed E-state index contributed by atoms with van der Waals surface area (Å²) in [5.74, 6) is 0. The predicted octanol–water partition coefficient (Wildman–Crippen LogP) is 4.91. The minimum atomic E-state index is -0.564. The summed E-state index contributed by atoms with van der Waals surface area (Å²) in [5.41, 5.74) is 5.25. The Hall–Kier alpha value is -1.70. The summed E-state index contributed by atoms with van der Waals surface area (Å²) in [4.78, 5) is 0.